The van der Waals surface area contributed by atoms with E-state index in [9.17, 15) is 9.90 Å². The number of rotatable bonds is 5. The molecule has 0 bridgehead atoms. The lowest BCUT2D eigenvalue weighted by Crippen LogP contribution is -2.22. The Bertz CT molecular complexity index is 1010. The Hall–Kier alpha value is -2.99. The van der Waals surface area contributed by atoms with E-state index in [0.29, 0.717) is 18.8 Å². The number of anilines is 1. The second-order valence-corrected chi connectivity index (χ2v) is 7.49. The van der Waals surface area contributed by atoms with E-state index < -0.39 is 0 Å². The second kappa shape index (κ2) is 7.56. The summed E-state index contributed by atoms with van der Waals surface area (Å²) in [5.41, 5.74) is 3.85. The zero-order valence-electron chi connectivity index (χ0n) is 15.7. The molecule has 0 spiro atoms. The highest BCUT2D eigenvalue weighted by atomic mass is 32.1. The van der Waals surface area contributed by atoms with Gasteiger partial charge in [-0.1, -0.05) is 18.2 Å². The van der Waals surface area contributed by atoms with Crippen LogP contribution in [-0.2, 0) is 4.79 Å². The molecule has 2 N–H and O–H groups in total. The standard InChI is InChI=1S/C22H21NO4S/c1-3-27-19-10-14(6-9-18(19)24)16-11-20(25)23-21-17(12-28-22(16)21)13-4-7-15(26-2)8-5-13/h4-10,12,16,24H,3,11H2,1-2H3,(H,23,25)/t16-/m1/s1. The summed E-state index contributed by atoms with van der Waals surface area (Å²) in [4.78, 5) is 13.6. The van der Waals surface area contributed by atoms with E-state index in [1.807, 2.05) is 43.3 Å². The fourth-order valence-corrected chi connectivity index (χ4v) is 4.66. The van der Waals surface area contributed by atoms with Crippen molar-refractivity contribution in [1.29, 1.82) is 0 Å². The lowest BCUT2D eigenvalue weighted by Gasteiger charge is -2.24. The van der Waals surface area contributed by atoms with Gasteiger partial charge in [-0.15, -0.1) is 11.3 Å². The zero-order valence-corrected chi connectivity index (χ0v) is 16.5. The summed E-state index contributed by atoms with van der Waals surface area (Å²) in [6.45, 7) is 2.34. The predicted molar refractivity (Wildman–Crippen MR) is 111 cm³/mol. The number of thiophene rings is 1. The first-order valence-corrected chi connectivity index (χ1v) is 10.00. The molecule has 0 unspecified atom stereocenters. The van der Waals surface area contributed by atoms with E-state index in [1.165, 1.54) is 0 Å². The molecule has 5 nitrogen and oxygen atoms in total. The van der Waals surface area contributed by atoms with Crippen molar-refractivity contribution in [3.8, 4) is 28.4 Å². The third kappa shape index (κ3) is 3.31. The monoisotopic (exact) mass is 395 g/mol. The van der Waals surface area contributed by atoms with E-state index >= 15 is 0 Å². The second-order valence-electron chi connectivity index (χ2n) is 6.58. The van der Waals surface area contributed by atoms with Crippen molar-refractivity contribution in [1.82, 2.24) is 0 Å². The smallest absolute Gasteiger partial charge is 0.225 e. The average molecular weight is 395 g/mol. The molecule has 1 aliphatic rings. The molecule has 2 aromatic carbocycles. The zero-order chi connectivity index (χ0) is 19.7. The molecule has 144 valence electrons. The van der Waals surface area contributed by atoms with Crippen LogP contribution in [0.25, 0.3) is 11.1 Å². The van der Waals surface area contributed by atoms with Crippen molar-refractivity contribution in [2.45, 2.75) is 19.3 Å². The highest BCUT2D eigenvalue weighted by Gasteiger charge is 2.31. The van der Waals surface area contributed by atoms with Crippen LogP contribution in [0.2, 0.25) is 0 Å². The van der Waals surface area contributed by atoms with Crippen LogP contribution >= 0.6 is 11.3 Å². The molecule has 0 aliphatic carbocycles. The number of hydrogen-bond acceptors (Lipinski definition) is 5. The SMILES string of the molecule is CCOc1cc([C@H]2CC(=O)Nc3c(-c4ccc(OC)cc4)csc32)ccc1O. The van der Waals surface area contributed by atoms with Crippen molar-refractivity contribution in [3.63, 3.8) is 0 Å². The van der Waals surface area contributed by atoms with Crippen LogP contribution in [-0.4, -0.2) is 24.7 Å². The largest absolute Gasteiger partial charge is 0.504 e. The number of ether oxygens (including phenoxy) is 2. The fourth-order valence-electron chi connectivity index (χ4n) is 3.50. The predicted octanol–water partition coefficient (Wildman–Crippen LogP) is 5.00. The van der Waals surface area contributed by atoms with Crippen LogP contribution in [0.5, 0.6) is 17.2 Å². The van der Waals surface area contributed by atoms with E-state index in [-0.39, 0.29) is 17.6 Å². The van der Waals surface area contributed by atoms with Crippen LogP contribution in [0.15, 0.2) is 47.8 Å². The summed E-state index contributed by atoms with van der Waals surface area (Å²) < 4.78 is 10.8. The van der Waals surface area contributed by atoms with Gasteiger partial charge in [0.25, 0.3) is 0 Å². The Balaban J connectivity index is 1.75. The fraction of sp³-hybridized carbons (Fsp3) is 0.227. The Kier molecular flexibility index (Phi) is 4.96. The molecule has 0 saturated heterocycles. The molecule has 0 radical (unpaired) electrons. The molecule has 0 fully saturated rings. The normalized spacial score (nSPS) is 15.6. The highest BCUT2D eigenvalue weighted by Crippen LogP contribution is 2.47. The van der Waals surface area contributed by atoms with E-state index in [4.69, 9.17) is 9.47 Å². The van der Waals surface area contributed by atoms with Crippen molar-refractivity contribution in [2.75, 3.05) is 19.0 Å². The molecule has 0 saturated carbocycles. The average Bonchev–Trinajstić information content (AvgIpc) is 3.13. The first kappa shape index (κ1) is 18.4. The van der Waals surface area contributed by atoms with E-state index in [1.54, 1.807) is 24.5 Å². The van der Waals surface area contributed by atoms with E-state index in [0.717, 1.165) is 33.0 Å². The maximum absolute atomic E-state index is 12.5. The van der Waals surface area contributed by atoms with Gasteiger partial charge in [-0.3, -0.25) is 4.79 Å². The number of benzene rings is 2. The molecule has 4 rings (SSSR count). The Morgan fingerprint density at radius 3 is 2.71 bits per heavy atom. The van der Waals surface area contributed by atoms with E-state index in [2.05, 4.69) is 10.7 Å². The van der Waals surface area contributed by atoms with Crippen molar-refractivity contribution in [2.24, 2.45) is 0 Å². The van der Waals surface area contributed by atoms with Crippen molar-refractivity contribution in [3.05, 3.63) is 58.3 Å². The molecule has 3 aromatic rings. The summed E-state index contributed by atoms with van der Waals surface area (Å²) >= 11 is 1.64. The first-order valence-electron chi connectivity index (χ1n) is 9.12. The molecule has 1 amide bonds. The Morgan fingerprint density at radius 2 is 2.00 bits per heavy atom. The summed E-state index contributed by atoms with van der Waals surface area (Å²) in [5, 5.41) is 15.1. The lowest BCUT2D eigenvalue weighted by molar-refractivity contribution is -0.116. The molecular formula is C22H21NO4S. The van der Waals surface area contributed by atoms with Gasteiger partial charge in [0, 0.05) is 28.2 Å². The third-order valence-electron chi connectivity index (χ3n) is 4.88. The number of aromatic hydroxyl groups is 1. The highest BCUT2D eigenvalue weighted by molar-refractivity contribution is 7.11. The van der Waals surface area contributed by atoms with Gasteiger partial charge in [0.05, 0.1) is 19.4 Å². The maximum Gasteiger partial charge on any atom is 0.225 e. The van der Waals surface area contributed by atoms with Gasteiger partial charge in [-0.2, -0.15) is 0 Å². The van der Waals surface area contributed by atoms with Gasteiger partial charge >= 0.3 is 0 Å². The summed E-state index contributed by atoms with van der Waals surface area (Å²) in [7, 11) is 1.64. The van der Waals surface area contributed by atoms with Crippen LogP contribution in [0.1, 0.15) is 29.7 Å². The Morgan fingerprint density at radius 1 is 1.21 bits per heavy atom. The van der Waals surface area contributed by atoms with Gasteiger partial charge in [-0.25, -0.2) is 0 Å². The molecule has 2 heterocycles. The topological polar surface area (TPSA) is 67.8 Å². The van der Waals surface area contributed by atoms with Crippen molar-refractivity contribution >= 4 is 22.9 Å². The number of nitrogens with one attached hydrogen (secondary N) is 1. The number of phenolic OH excluding ortho intramolecular Hbond substituents is 1. The third-order valence-corrected chi connectivity index (χ3v) is 5.97. The van der Waals surface area contributed by atoms with Gasteiger partial charge < -0.3 is 19.9 Å². The van der Waals surface area contributed by atoms with Crippen molar-refractivity contribution < 1.29 is 19.4 Å². The first-order chi connectivity index (χ1) is 13.6. The van der Waals surface area contributed by atoms with Gasteiger partial charge in [-0.05, 0) is 42.3 Å². The Labute approximate surface area is 167 Å². The number of fused-ring (bicyclic) bond motifs is 1. The number of methoxy groups -OCH3 is 1. The van der Waals surface area contributed by atoms with Gasteiger partial charge in [0.15, 0.2) is 11.5 Å². The minimum atomic E-state index is -0.0689. The number of amides is 1. The van der Waals surface area contributed by atoms with Crippen LogP contribution in [0, 0.1) is 0 Å². The summed E-state index contributed by atoms with van der Waals surface area (Å²) in [6, 6.07) is 13.1. The molecular weight excluding hydrogens is 374 g/mol. The number of carbonyl (C=O) groups excluding carboxylic acids is 1. The summed E-state index contributed by atoms with van der Waals surface area (Å²) in [6.07, 6.45) is 0.367. The number of carbonyl (C=O) groups is 1. The minimum absolute atomic E-state index is 0.0169. The van der Waals surface area contributed by atoms with Gasteiger partial charge in [0.1, 0.15) is 5.75 Å². The van der Waals surface area contributed by atoms with Crippen LogP contribution in [0.3, 0.4) is 0 Å². The number of phenols is 1. The molecule has 6 heteroatoms. The lowest BCUT2D eigenvalue weighted by atomic mass is 9.89. The molecule has 1 aliphatic heterocycles. The van der Waals surface area contributed by atoms with Crippen LogP contribution < -0.4 is 14.8 Å². The molecule has 1 atom stereocenters. The maximum atomic E-state index is 12.5. The quantitative estimate of drug-likeness (QED) is 0.638. The van der Waals surface area contributed by atoms with Gasteiger partial charge in [0.2, 0.25) is 5.91 Å². The molecule has 28 heavy (non-hydrogen) atoms. The number of hydrogen-bond donors (Lipinski definition) is 2. The molecule has 1 aromatic heterocycles. The minimum Gasteiger partial charge on any atom is -0.504 e. The summed E-state index contributed by atoms with van der Waals surface area (Å²) in [5.74, 6) is 1.26. The van der Waals surface area contributed by atoms with Crippen LogP contribution in [0.4, 0.5) is 5.69 Å².